The van der Waals surface area contributed by atoms with E-state index in [9.17, 15) is 4.79 Å². The van der Waals surface area contributed by atoms with Gasteiger partial charge in [0.05, 0.1) is 8.66 Å². The molecule has 17 heavy (non-hydrogen) atoms. The van der Waals surface area contributed by atoms with Crippen molar-refractivity contribution < 1.29 is 4.79 Å². The highest BCUT2D eigenvalue weighted by Crippen LogP contribution is 2.33. The number of rotatable bonds is 2. The molecule has 94 valence electrons. The highest BCUT2D eigenvalue weighted by molar-refractivity contribution is 9.13. The number of likely N-dealkylation sites (tertiary alicyclic amines) is 1. The van der Waals surface area contributed by atoms with Crippen molar-refractivity contribution in [3.8, 4) is 0 Å². The zero-order chi connectivity index (χ0) is 12.4. The molecular formula is C11H14Br2N2OS. The molecular weight excluding hydrogens is 368 g/mol. The van der Waals surface area contributed by atoms with Crippen molar-refractivity contribution in [1.29, 1.82) is 0 Å². The van der Waals surface area contributed by atoms with Gasteiger partial charge in [-0.15, -0.1) is 11.3 Å². The Morgan fingerprint density at radius 3 is 2.94 bits per heavy atom. The fraction of sp³-hybridized carbons (Fsp3) is 0.545. The first-order valence-corrected chi connectivity index (χ1v) is 7.96. The van der Waals surface area contributed by atoms with E-state index in [0.717, 1.165) is 39.1 Å². The normalized spacial score (nSPS) is 20.6. The number of piperidine rings is 1. The number of nitrogens with two attached hydrogens (primary N) is 1. The molecule has 1 fully saturated rings. The summed E-state index contributed by atoms with van der Waals surface area (Å²) < 4.78 is 1.91. The number of amides is 1. The molecule has 0 spiro atoms. The second-order valence-corrected chi connectivity index (χ2v) is 7.45. The summed E-state index contributed by atoms with van der Waals surface area (Å²) in [6.07, 6.45) is 2.19. The van der Waals surface area contributed by atoms with Crippen molar-refractivity contribution in [2.75, 3.05) is 19.6 Å². The van der Waals surface area contributed by atoms with E-state index in [1.807, 2.05) is 11.0 Å². The van der Waals surface area contributed by atoms with E-state index in [1.54, 1.807) is 0 Å². The third-order valence-corrected chi connectivity index (χ3v) is 6.24. The van der Waals surface area contributed by atoms with Crippen LogP contribution < -0.4 is 5.73 Å². The summed E-state index contributed by atoms with van der Waals surface area (Å²) >= 11 is 8.29. The maximum Gasteiger partial charge on any atom is 0.264 e. The molecule has 2 rings (SSSR count). The van der Waals surface area contributed by atoms with Gasteiger partial charge in [-0.3, -0.25) is 4.79 Å². The van der Waals surface area contributed by atoms with Crippen molar-refractivity contribution in [3.05, 3.63) is 19.2 Å². The lowest BCUT2D eigenvalue weighted by molar-refractivity contribution is 0.0683. The molecule has 2 heterocycles. The summed E-state index contributed by atoms with van der Waals surface area (Å²) in [6, 6.07) is 1.88. The van der Waals surface area contributed by atoms with Crippen molar-refractivity contribution in [2.24, 2.45) is 11.7 Å². The van der Waals surface area contributed by atoms with Crippen LogP contribution in [-0.4, -0.2) is 30.4 Å². The van der Waals surface area contributed by atoms with Crippen molar-refractivity contribution in [1.82, 2.24) is 4.90 Å². The Morgan fingerprint density at radius 2 is 2.35 bits per heavy atom. The van der Waals surface area contributed by atoms with Gasteiger partial charge < -0.3 is 10.6 Å². The lowest BCUT2D eigenvalue weighted by Crippen LogP contribution is -2.41. The SMILES string of the molecule is NCC1CCCN(C(=O)c2cc(Br)c(Br)s2)C1. The minimum Gasteiger partial charge on any atom is -0.338 e. The maximum absolute atomic E-state index is 12.3. The van der Waals surface area contributed by atoms with Crippen LogP contribution >= 0.6 is 43.2 Å². The molecule has 2 N–H and O–H groups in total. The van der Waals surface area contributed by atoms with E-state index in [4.69, 9.17) is 5.73 Å². The summed E-state index contributed by atoms with van der Waals surface area (Å²) in [5, 5.41) is 0. The predicted octanol–water partition coefficient (Wildman–Crippen LogP) is 3.08. The quantitative estimate of drug-likeness (QED) is 0.855. The highest BCUT2D eigenvalue weighted by Gasteiger charge is 2.25. The number of halogens is 2. The van der Waals surface area contributed by atoms with E-state index >= 15 is 0 Å². The Balaban J connectivity index is 2.09. The molecule has 1 aromatic heterocycles. The molecule has 1 amide bonds. The van der Waals surface area contributed by atoms with Gasteiger partial charge in [0.15, 0.2) is 0 Å². The first kappa shape index (κ1) is 13.5. The molecule has 1 aliphatic rings. The first-order valence-electron chi connectivity index (χ1n) is 5.56. The van der Waals surface area contributed by atoms with Crippen molar-refractivity contribution in [3.63, 3.8) is 0 Å². The summed E-state index contributed by atoms with van der Waals surface area (Å²) in [6.45, 7) is 2.31. The van der Waals surface area contributed by atoms with Crippen molar-refractivity contribution in [2.45, 2.75) is 12.8 Å². The summed E-state index contributed by atoms with van der Waals surface area (Å²) in [5.74, 6) is 0.582. The fourth-order valence-corrected chi connectivity index (χ4v) is 4.05. The second kappa shape index (κ2) is 5.82. The largest absolute Gasteiger partial charge is 0.338 e. The standard InChI is InChI=1S/C11H14Br2N2OS/c12-8-4-9(17-10(8)13)11(16)15-3-1-2-7(5-14)6-15/h4,7H,1-3,5-6,14H2. The number of nitrogens with zero attached hydrogens (tertiary/aromatic N) is 1. The van der Waals surface area contributed by atoms with Crippen LogP contribution in [0.4, 0.5) is 0 Å². The summed E-state index contributed by atoms with van der Waals surface area (Å²) in [4.78, 5) is 15.0. The third kappa shape index (κ3) is 3.10. The topological polar surface area (TPSA) is 46.3 Å². The molecule has 3 nitrogen and oxygen atoms in total. The number of hydrogen-bond acceptors (Lipinski definition) is 3. The van der Waals surface area contributed by atoms with Gasteiger partial charge in [0.1, 0.15) is 0 Å². The van der Waals surface area contributed by atoms with E-state index in [-0.39, 0.29) is 5.91 Å². The molecule has 0 aromatic carbocycles. The maximum atomic E-state index is 12.3. The van der Waals surface area contributed by atoms with Gasteiger partial charge in [0.25, 0.3) is 5.91 Å². The Hall–Kier alpha value is 0.0900. The summed E-state index contributed by atoms with van der Waals surface area (Å²) in [7, 11) is 0. The number of carbonyl (C=O) groups excluding carboxylic acids is 1. The average Bonchev–Trinajstić information content (AvgIpc) is 2.69. The van der Waals surface area contributed by atoms with Gasteiger partial charge in [-0.05, 0) is 63.2 Å². The average molecular weight is 382 g/mol. The Labute approximate surface area is 122 Å². The van der Waals surface area contributed by atoms with Crippen LogP contribution in [0.2, 0.25) is 0 Å². The smallest absolute Gasteiger partial charge is 0.264 e. The molecule has 6 heteroatoms. The first-order chi connectivity index (χ1) is 8.11. The van der Waals surface area contributed by atoms with E-state index < -0.39 is 0 Å². The van der Waals surface area contributed by atoms with Gasteiger partial charge in [0.2, 0.25) is 0 Å². The Morgan fingerprint density at radius 1 is 1.59 bits per heavy atom. The molecule has 0 bridgehead atoms. The zero-order valence-corrected chi connectivity index (χ0v) is 13.3. The molecule has 1 aromatic rings. The second-order valence-electron chi connectivity index (χ2n) is 4.23. The van der Waals surface area contributed by atoms with Gasteiger partial charge in [-0.25, -0.2) is 0 Å². The van der Waals surface area contributed by atoms with Crippen LogP contribution in [0.1, 0.15) is 22.5 Å². The third-order valence-electron chi connectivity index (χ3n) is 3.00. The van der Waals surface area contributed by atoms with Gasteiger partial charge in [-0.2, -0.15) is 0 Å². The monoisotopic (exact) mass is 380 g/mol. The van der Waals surface area contributed by atoms with Crippen molar-refractivity contribution >= 4 is 49.1 Å². The van der Waals surface area contributed by atoms with Gasteiger partial charge >= 0.3 is 0 Å². The number of carbonyl (C=O) groups is 1. The molecule has 1 atom stereocenters. The minimum atomic E-state index is 0.125. The highest BCUT2D eigenvalue weighted by atomic mass is 79.9. The van der Waals surface area contributed by atoms with Gasteiger partial charge in [0, 0.05) is 17.6 Å². The molecule has 0 radical (unpaired) electrons. The lowest BCUT2D eigenvalue weighted by atomic mass is 9.98. The summed E-state index contributed by atoms with van der Waals surface area (Å²) in [5.41, 5.74) is 5.68. The fourth-order valence-electron chi connectivity index (χ4n) is 2.05. The number of hydrogen-bond donors (Lipinski definition) is 1. The minimum absolute atomic E-state index is 0.125. The lowest BCUT2D eigenvalue weighted by Gasteiger charge is -2.31. The van der Waals surface area contributed by atoms with Crippen LogP contribution in [-0.2, 0) is 0 Å². The zero-order valence-electron chi connectivity index (χ0n) is 9.29. The predicted molar refractivity (Wildman–Crippen MR) is 77.4 cm³/mol. The molecule has 1 unspecified atom stereocenters. The molecule has 1 saturated heterocycles. The Bertz CT molecular complexity index is 402. The molecule has 1 aliphatic heterocycles. The van der Waals surface area contributed by atoms with E-state index in [0.29, 0.717) is 12.5 Å². The Kier molecular flexibility index (Phi) is 4.63. The number of thiophene rings is 1. The van der Waals surface area contributed by atoms with E-state index in [2.05, 4.69) is 31.9 Å². The van der Waals surface area contributed by atoms with Gasteiger partial charge in [-0.1, -0.05) is 0 Å². The van der Waals surface area contributed by atoms with Crippen LogP contribution in [0, 0.1) is 5.92 Å². The molecule has 0 aliphatic carbocycles. The van der Waals surface area contributed by atoms with E-state index in [1.165, 1.54) is 11.3 Å². The molecule has 0 saturated carbocycles. The van der Waals surface area contributed by atoms with Crippen LogP contribution in [0.25, 0.3) is 0 Å². The van der Waals surface area contributed by atoms with Crippen LogP contribution in [0.5, 0.6) is 0 Å². The van der Waals surface area contributed by atoms with Crippen LogP contribution in [0.3, 0.4) is 0 Å². The van der Waals surface area contributed by atoms with Crippen LogP contribution in [0.15, 0.2) is 14.3 Å².